The molecule has 1 heterocycles. The Hall–Kier alpha value is -2.30. The number of nitrogens with zero attached hydrogens (tertiary/aromatic N) is 1. The van der Waals surface area contributed by atoms with E-state index in [1.54, 1.807) is 25.1 Å². The highest BCUT2D eigenvalue weighted by Crippen LogP contribution is 2.32. The molecule has 104 valence electrons. The first-order valence-electron chi connectivity index (χ1n) is 5.89. The zero-order chi connectivity index (χ0) is 14.9. The molecular formula is C15H13F3N2. The summed E-state index contributed by atoms with van der Waals surface area (Å²) in [5, 5.41) is 0. The van der Waals surface area contributed by atoms with Crippen molar-refractivity contribution in [3.63, 3.8) is 0 Å². The fourth-order valence-electron chi connectivity index (χ4n) is 1.83. The minimum atomic E-state index is -4.37. The van der Waals surface area contributed by atoms with Crippen LogP contribution in [0.5, 0.6) is 0 Å². The Bertz CT molecular complexity index is 660. The lowest BCUT2D eigenvalue weighted by atomic mass is 10.1. The molecule has 0 atom stereocenters. The van der Waals surface area contributed by atoms with E-state index in [2.05, 4.69) is 11.6 Å². The highest BCUT2D eigenvalue weighted by atomic mass is 19.4. The van der Waals surface area contributed by atoms with Crippen molar-refractivity contribution >= 4 is 11.3 Å². The van der Waals surface area contributed by atoms with Gasteiger partial charge in [0, 0.05) is 5.56 Å². The molecule has 0 saturated carbocycles. The first kappa shape index (κ1) is 14.1. The van der Waals surface area contributed by atoms with E-state index in [-0.39, 0.29) is 0 Å². The molecule has 2 aromatic rings. The van der Waals surface area contributed by atoms with Gasteiger partial charge in [0.15, 0.2) is 0 Å². The van der Waals surface area contributed by atoms with E-state index < -0.39 is 11.7 Å². The summed E-state index contributed by atoms with van der Waals surface area (Å²) in [4.78, 5) is 4.27. The van der Waals surface area contributed by atoms with Gasteiger partial charge in [0.05, 0.1) is 22.6 Å². The molecule has 0 unspecified atom stereocenters. The van der Waals surface area contributed by atoms with Crippen LogP contribution in [-0.4, -0.2) is 4.98 Å². The third-order valence-electron chi connectivity index (χ3n) is 2.82. The van der Waals surface area contributed by atoms with Crippen molar-refractivity contribution in [2.45, 2.75) is 13.1 Å². The molecule has 1 aromatic heterocycles. The van der Waals surface area contributed by atoms with Crippen molar-refractivity contribution in [1.29, 1.82) is 0 Å². The van der Waals surface area contributed by atoms with Gasteiger partial charge in [-0.25, -0.2) is 4.98 Å². The van der Waals surface area contributed by atoms with Crippen LogP contribution in [0.15, 0.2) is 43.0 Å². The summed E-state index contributed by atoms with van der Waals surface area (Å²) in [6, 6.07) is 8.25. The lowest BCUT2D eigenvalue weighted by Gasteiger charge is -2.10. The highest BCUT2D eigenvalue weighted by molar-refractivity contribution is 5.73. The van der Waals surface area contributed by atoms with Crippen molar-refractivity contribution in [3.05, 3.63) is 54.2 Å². The summed E-state index contributed by atoms with van der Waals surface area (Å²) in [5.41, 5.74) is 7.50. The predicted octanol–water partition coefficient (Wildman–Crippen LogP) is 4.38. The Morgan fingerprint density at radius 2 is 1.90 bits per heavy atom. The molecule has 0 radical (unpaired) electrons. The van der Waals surface area contributed by atoms with Gasteiger partial charge in [-0.2, -0.15) is 13.2 Å². The van der Waals surface area contributed by atoms with Crippen LogP contribution in [0.25, 0.3) is 16.8 Å². The normalized spacial score (nSPS) is 11.4. The molecule has 0 fully saturated rings. The quantitative estimate of drug-likeness (QED) is 0.885. The second-order valence-electron chi connectivity index (χ2n) is 4.49. The minimum absolute atomic E-state index is 0.391. The molecule has 2 nitrogen and oxygen atoms in total. The van der Waals surface area contributed by atoms with Crippen LogP contribution in [0.3, 0.4) is 0 Å². The van der Waals surface area contributed by atoms with Crippen molar-refractivity contribution in [2.24, 2.45) is 0 Å². The van der Waals surface area contributed by atoms with Gasteiger partial charge in [0.2, 0.25) is 0 Å². The summed E-state index contributed by atoms with van der Waals surface area (Å²) in [6.45, 7) is 5.50. The van der Waals surface area contributed by atoms with Crippen molar-refractivity contribution in [2.75, 3.05) is 5.73 Å². The van der Waals surface area contributed by atoms with Crippen LogP contribution in [0, 0.1) is 0 Å². The molecule has 0 aliphatic carbocycles. The second kappa shape index (κ2) is 5.00. The summed E-state index contributed by atoms with van der Waals surface area (Å²) >= 11 is 0. The van der Waals surface area contributed by atoms with Gasteiger partial charge in [-0.05, 0) is 36.8 Å². The van der Waals surface area contributed by atoms with Crippen molar-refractivity contribution in [1.82, 2.24) is 4.98 Å². The van der Waals surface area contributed by atoms with Crippen LogP contribution >= 0.6 is 0 Å². The van der Waals surface area contributed by atoms with E-state index in [4.69, 9.17) is 5.73 Å². The maximum Gasteiger partial charge on any atom is 0.416 e. The van der Waals surface area contributed by atoms with Gasteiger partial charge in [-0.1, -0.05) is 18.7 Å². The molecule has 0 spiro atoms. The molecule has 1 aromatic carbocycles. The summed E-state index contributed by atoms with van der Waals surface area (Å²) in [6.07, 6.45) is -4.37. The minimum Gasteiger partial charge on any atom is -0.397 e. The first-order chi connectivity index (χ1) is 9.29. The van der Waals surface area contributed by atoms with Crippen LogP contribution < -0.4 is 5.73 Å². The van der Waals surface area contributed by atoms with E-state index >= 15 is 0 Å². The third-order valence-corrected chi connectivity index (χ3v) is 2.82. The topological polar surface area (TPSA) is 38.9 Å². The Morgan fingerprint density at radius 1 is 1.20 bits per heavy atom. The van der Waals surface area contributed by atoms with Gasteiger partial charge in [-0.15, -0.1) is 0 Å². The van der Waals surface area contributed by atoms with E-state index in [1.807, 2.05) is 0 Å². The molecule has 20 heavy (non-hydrogen) atoms. The van der Waals surface area contributed by atoms with Crippen molar-refractivity contribution in [3.8, 4) is 11.3 Å². The lowest BCUT2D eigenvalue weighted by Crippen LogP contribution is -2.05. The fourth-order valence-corrected chi connectivity index (χ4v) is 1.83. The lowest BCUT2D eigenvalue weighted by molar-refractivity contribution is -0.137. The average molecular weight is 278 g/mol. The number of alkyl halides is 3. The Labute approximate surface area is 114 Å². The van der Waals surface area contributed by atoms with Crippen LogP contribution in [-0.2, 0) is 6.18 Å². The number of benzene rings is 1. The number of hydrogen-bond donors (Lipinski definition) is 1. The van der Waals surface area contributed by atoms with Gasteiger partial charge in [-0.3, -0.25) is 0 Å². The zero-order valence-electron chi connectivity index (χ0n) is 10.8. The second-order valence-corrected chi connectivity index (χ2v) is 4.49. The van der Waals surface area contributed by atoms with E-state index in [9.17, 15) is 13.2 Å². The number of hydrogen-bond acceptors (Lipinski definition) is 2. The first-order valence-corrected chi connectivity index (χ1v) is 5.89. The number of nitrogen functional groups attached to an aromatic ring is 1. The summed E-state index contributed by atoms with van der Waals surface area (Å²) < 4.78 is 38.1. The SMILES string of the molecule is C=C(C)c1nc(-c2cccc(C(F)(F)F)c2)ccc1N. The molecule has 0 amide bonds. The fraction of sp³-hybridized carbons (Fsp3) is 0.133. The Morgan fingerprint density at radius 3 is 2.50 bits per heavy atom. The molecule has 0 saturated heterocycles. The van der Waals surface area contributed by atoms with Gasteiger partial charge in [0.1, 0.15) is 0 Å². The van der Waals surface area contributed by atoms with E-state index in [0.717, 1.165) is 12.1 Å². The number of aromatic nitrogens is 1. The van der Waals surface area contributed by atoms with E-state index in [1.165, 1.54) is 6.07 Å². The molecule has 0 aliphatic heterocycles. The third kappa shape index (κ3) is 2.82. The smallest absolute Gasteiger partial charge is 0.397 e. The number of allylic oxidation sites excluding steroid dienone is 1. The summed E-state index contributed by atoms with van der Waals surface area (Å²) in [7, 11) is 0. The maximum atomic E-state index is 12.7. The molecular weight excluding hydrogens is 265 g/mol. The van der Waals surface area contributed by atoms with E-state index in [0.29, 0.717) is 28.2 Å². The largest absolute Gasteiger partial charge is 0.416 e. The van der Waals surface area contributed by atoms with Crippen LogP contribution in [0.4, 0.5) is 18.9 Å². The highest BCUT2D eigenvalue weighted by Gasteiger charge is 2.30. The van der Waals surface area contributed by atoms with Gasteiger partial charge in [0.25, 0.3) is 0 Å². The molecule has 2 rings (SSSR count). The van der Waals surface area contributed by atoms with Gasteiger partial charge >= 0.3 is 6.18 Å². The Kier molecular flexibility index (Phi) is 3.53. The summed E-state index contributed by atoms with van der Waals surface area (Å²) in [5.74, 6) is 0. The number of pyridine rings is 1. The van der Waals surface area contributed by atoms with Crippen LogP contribution in [0.2, 0.25) is 0 Å². The Balaban J connectivity index is 2.52. The maximum absolute atomic E-state index is 12.7. The number of rotatable bonds is 2. The van der Waals surface area contributed by atoms with Gasteiger partial charge < -0.3 is 5.73 Å². The standard InChI is InChI=1S/C15H13F3N2/c1-9(2)14-12(19)6-7-13(20-14)10-4-3-5-11(8-10)15(16,17)18/h3-8H,1,19H2,2H3. The number of anilines is 1. The average Bonchev–Trinajstić information content (AvgIpc) is 2.38. The van der Waals surface area contributed by atoms with Crippen LogP contribution in [0.1, 0.15) is 18.2 Å². The molecule has 2 N–H and O–H groups in total. The number of halogens is 3. The molecule has 0 aliphatic rings. The monoisotopic (exact) mass is 278 g/mol. The molecule has 0 bridgehead atoms. The molecule has 5 heteroatoms. The zero-order valence-corrected chi connectivity index (χ0v) is 10.8. The number of nitrogens with two attached hydrogens (primary N) is 1. The van der Waals surface area contributed by atoms with Crippen molar-refractivity contribution < 1.29 is 13.2 Å². The predicted molar refractivity (Wildman–Crippen MR) is 73.8 cm³/mol.